The van der Waals surface area contributed by atoms with Gasteiger partial charge in [0.2, 0.25) is 0 Å². The monoisotopic (exact) mass is 285 g/mol. The average molecular weight is 285 g/mol. The van der Waals surface area contributed by atoms with Gasteiger partial charge >= 0.3 is 0 Å². The zero-order valence-corrected chi connectivity index (χ0v) is 12.7. The van der Waals surface area contributed by atoms with Gasteiger partial charge in [0.1, 0.15) is 11.5 Å². The predicted molar refractivity (Wildman–Crippen MR) is 85.8 cm³/mol. The van der Waals surface area contributed by atoms with Gasteiger partial charge in [0.05, 0.1) is 7.11 Å². The van der Waals surface area contributed by atoms with Crippen molar-refractivity contribution in [3.8, 4) is 11.5 Å². The molecule has 0 aliphatic carbocycles. The number of phenolic OH excluding ortho intramolecular Hbond substituents is 1. The molecule has 2 aromatic carbocycles. The van der Waals surface area contributed by atoms with Crippen LogP contribution in [0, 0.1) is 0 Å². The third-order valence-corrected chi connectivity index (χ3v) is 3.64. The van der Waals surface area contributed by atoms with Gasteiger partial charge in [-0.1, -0.05) is 31.2 Å². The Morgan fingerprint density at radius 2 is 1.90 bits per heavy atom. The molecule has 0 heterocycles. The molecule has 0 aliphatic rings. The lowest BCUT2D eigenvalue weighted by Crippen LogP contribution is -2.23. The van der Waals surface area contributed by atoms with E-state index in [1.54, 1.807) is 19.2 Å². The van der Waals surface area contributed by atoms with Crippen molar-refractivity contribution in [1.82, 2.24) is 5.32 Å². The van der Waals surface area contributed by atoms with Crippen LogP contribution in [0.1, 0.15) is 30.5 Å². The molecule has 0 fully saturated rings. The number of ether oxygens (including phenoxy) is 1. The van der Waals surface area contributed by atoms with E-state index in [4.69, 9.17) is 4.74 Å². The van der Waals surface area contributed by atoms with Crippen LogP contribution in [0.4, 0.5) is 0 Å². The van der Waals surface area contributed by atoms with Gasteiger partial charge in [0, 0.05) is 6.04 Å². The molecule has 2 N–H and O–H groups in total. The van der Waals surface area contributed by atoms with Crippen LogP contribution >= 0.6 is 0 Å². The summed E-state index contributed by atoms with van der Waals surface area (Å²) < 4.78 is 5.24. The van der Waals surface area contributed by atoms with E-state index in [9.17, 15) is 5.11 Å². The highest BCUT2D eigenvalue weighted by atomic mass is 16.5. The summed E-state index contributed by atoms with van der Waals surface area (Å²) in [7, 11) is 1.69. The van der Waals surface area contributed by atoms with Crippen molar-refractivity contribution in [2.45, 2.75) is 25.8 Å². The highest BCUT2D eigenvalue weighted by Gasteiger charge is 2.08. The molecule has 0 saturated carbocycles. The highest BCUT2D eigenvalue weighted by molar-refractivity contribution is 5.29. The molecule has 0 aromatic heterocycles. The van der Waals surface area contributed by atoms with Crippen molar-refractivity contribution in [2.24, 2.45) is 0 Å². The molecule has 0 saturated heterocycles. The van der Waals surface area contributed by atoms with Gasteiger partial charge in [0.15, 0.2) is 0 Å². The molecule has 2 rings (SSSR count). The first kappa shape index (κ1) is 15.4. The van der Waals surface area contributed by atoms with Gasteiger partial charge < -0.3 is 15.2 Å². The molecule has 2 aromatic rings. The summed E-state index contributed by atoms with van der Waals surface area (Å²) in [5, 5.41) is 12.9. The van der Waals surface area contributed by atoms with Crippen LogP contribution in [-0.2, 0) is 6.42 Å². The van der Waals surface area contributed by atoms with E-state index >= 15 is 0 Å². The molecule has 1 atom stereocenters. The van der Waals surface area contributed by atoms with Crippen molar-refractivity contribution in [3.05, 3.63) is 59.7 Å². The smallest absolute Gasteiger partial charge is 0.119 e. The number of hydrogen-bond acceptors (Lipinski definition) is 3. The first-order valence-electron chi connectivity index (χ1n) is 7.38. The summed E-state index contributed by atoms with van der Waals surface area (Å²) in [4.78, 5) is 0. The molecule has 0 amide bonds. The molecule has 3 nitrogen and oxygen atoms in total. The number of methoxy groups -OCH3 is 1. The fourth-order valence-corrected chi connectivity index (χ4v) is 2.42. The Hall–Kier alpha value is -2.00. The second-order valence-corrected chi connectivity index (χ2v) is 5.11. The number of rotatable bonds is 7. The van der Waals surface area contributed by atoms with Crippen molar-refractivity contribution in [3.63, 3.8) is 0 Å². The fraction of sp³-hybridized carbons (Fsp3) is 0.333. The second-order valence-electron chi connectivity index (χ2n) is 5.11. The largest absolute Gasteiger partial charge is 0.508 e. The van der Waals surface area contributed by atoms with Crippen LogP contribution < -0.4 is 10.1 Å². The van der Waals surface area contributed by atoms with Gasteiger partial charge in [-0.25, -0.2) is 0 Å². The molecular formula is C18H23NO2. The maximum atomic E-state index is 9.35. The van der Waals surface area contributed by atoms with E-state index in [-0.39, 0.29) is 0 Å². The van der Waals surface area contributed by atoms with Gasteiger partial charge in [-0.15, -0.1) is 0 Å². The Bertz CT molecular complexity index is 551. The quantitative estimate of drug-likeness (QED) is 0.815. The summed E-state index contributed by atoms with van der Waals surface area (Å²) in [5.41, 5.74) is 2.48. The third-order valence-electron chi connectivity index (χ3n) is 3.64. The minimum Gasteiger partial charge on any atom is -0.508 e. The zero-order chi connectivity index (χ0) is 15.1. The van der Waals surface area contributed by atoms with Crippen LogP contribution in [0.5, 0.6) is 11.5 Å². The number of phenols is 1. The summed E-state index contributed by atoms with van der Waals surface area (Å²) in [6.07, 6.45) is 1.98. The Kier molecular flexibility index (Phi) is 5.64. The van der Waals surface area contributed by atoms with Gasteiger partial charge in [0.25, 0.3) is 0 Å². The highest BCUT2D eigenvalue weighted by Crippen LogP contribution is 2.19. The van der Waals surface area contributed by atoms with Crippen molar-refractivity contribution < 1.29 is 9.84 Å². The predicted octanol–water partition coefficient (Wildman–Crippen LogP) is 3.68. The lowest BCUT2D eigenvalue weighted by Gasteiger charge is -2.17. The van der Waals surface area contributed by atoms with Crippen LogP contribution in [-0.4, -0.2) is 18.8 Å². The molecule has 0 spiro atoms. The first-order chi connectivity index (χ1) is 10.2. The van der Waals surface area contributed by atoms with Gasteiger partial charge in [-0.2, -0.15) is 0 Å². The van der Waals surface area contributed by atoms with Crippen molar-refractivity contribution in [1.29, 1.82) is 0 Å². The second kappa shape index (κ2) is 7.70. The number of aromatic hydroxyl groups is 1. The third kappa shape index (κ3) is 4.50. The standard InChI is InChI=1S/C18H23NO2/c1-3-18(15-7-9-16(20)10-8-15)19-12-11-14-5-4-6-17(13-14)21-2/h4-10,13,18-20H,3,11-12H2,1-2H3. The molecule has 0 aliphatic heterocycles. The molecule has 0 radical (unpaired) electrons. The summed E-state index contributed by atoms with van der Waals surface area (Å²) in [5.74, 6) is 1.21. The summed E-state index contributed by atoms with van der Waals surface area (Å²) in [6, 6.07) is 15.9. The molecular weight excluding hydrogens is 262 g/mol. The maximum absolute atomic E-state index is 9.35. The Morgan fingerprint density at radius 3 is 2.57 bits per heavy atom. The van der Waals surface area contributed by atoms with Crippen LogP contribution in [0.2, 0.25) is 0 Å². The molecule has 21 heavy (non-hydrogen) atoms. The molecule has 112 valence electrons. The number of benzene rings is 2. The summed E-state index contributed by atoms with van der Waals surface area (Å²) in [6.45, 7) is 3.07. The van der Waals surface area contributed by atoms with Gasteiger partial charge in [-0.05, 0) is 54.8 Å². The topological polar surface area (TPSA) is 41.5 Å². The van der Waals surface area contributed by atoms with Gasteiger partial charge in [-0.3, -0.25) is 0 Å². The Morgan fingerprint density at radius 1 is 1.14 bits per heavy atom. The van der Waals surface area contributed by atoms with E-state index in [1.807, 2.05) is 24.3 Å². The Balaban J connectivity index is 1.89. The van der Waals surface area contributed by atoms with Crippen LogP contribution in [0.25, 0.3) is 0 Å². The van der Waals surface area contributed by atoms with Crippen LogP contribution in [0.15, 0.2) is 48.5 Å². The normalized spacial score (nSPS) is 12.1. The van der Waals surface area contributed by atoms with E-state index in [2.05, 4.69) is 24.4 Å². The molecule has 1 unspecified atom stereocenters. The van der Waals surface area contributed by atoms with Crippen molar-refractivity contribution >= 4 is 0 Å². The van der Waals surface area contributed by atoms with E-state index in [0.29, 0.717) is 11.8 Å². The first-order valence-corrected chi connectivity index (χ1v) is 7.38. The van der Waals surface area contributed by atoms with E-state index < -0.39 is 0 Å². The lowest BCUT2D eigenvalue weighted by atomic mass is 10.0. The fourth-order valence-electron chi connectivity index (χ4n) is 2.42. The summed E-state index contributed by atoms with van der Waals surface area (Å²) >= 11 is 0. The minimum atomic E-state index is 0.310. The Labute approximate surface area is 126 Å². The van der Waals surface area contributed by atoms with Crippen LogP contribution in [0.3, 0.4) is 0 Å². The molecule has 3 heteroatoms. The lowest BCUT2D eigenvalue weighted by molar-refractivity contribution is 0.414. The van der Waals surface area contributed by atoms with Crippen molar-refractivity contribution in [2.75, 3.05) is 13.7 Å². The number of hydrogen-bond donors (Lipinski definition) is 2. The SMILES string of the molecule is CCC(NCCc1cccc(OC)c1)c1ccc(O)cc1. The minimum absolute atomic E-state index is 0.310. The van der Waals surface area contributed by atoms with E-state index in [0.717, 1.165) is 25.1 Å². The number of nitrogens with one attached hydrogen (secondary N) is 1. The maximum Gasteiger partial charge on any atom is 0.119 e. The van der Waals surface area contributed by atoms with E-state index in [1.165, 1.54) is 11.1 Å². The average Bonchev–Trinajstić information content (AvgIpc) is 2.53. The zero-order valence-electron chi connectivity index (χ0n) is 12.7. The molecule has 0 bridgehead atoms.